The van der Waals surface area contributed by atoms with E-state index < -0.39 is 0 Å². The van der Waals surface area contributed by atoms with Crippen molar-refractivity contribution in [2.24, 2.45) is 0 Å². The summed E-state index contributed by atoms with van der Waals surface area (Å²) in [6.45, 7) is 2.38. The molecule has 3 heterocycles. The zero-order chi connectivity index (χ0) is 19.1. The molecular weight excluding hydrogens is 493 g/mol. The Kier molecular flexibility index (Phi) is 5.57. The molecule has 1 aromatic heterocycles. The first-order chi connectivity index (χ1) is 13.7. The van der Waals surface area contributed by atoms with Crippen LogP contribution in [0.25, 0.3) is 26.8 Å². The maximum absolute atomic E-state index is 5.03. The molecule has 0 amide bonds. The standard InChI is InChI=1S/C24H24INS2/c25-18-7-4-16(5-8-18)20-10-11-22-23(24(20)27)21(15-28-22)17-6-9-19-3-1-2-13-26(19)14-12-17/h4-5,7-8,10-12,15,19,27H,1-3,6,9,13-14H2. The van der Waals surface area contributed by atoms with Gasteiger partial charge in [-0.15, -0.1) is 24.0 Å². The number of halogens is 1. The molecule has 1 unspecified atom stereocenters. The normalized spacial score (nSPS) is 20.6. The summed E-state index contributed by atoms with van der Waals surface area (Å²) >= 11 is 9.25. The Morgan fingerprint density at radius 1 is 1.00 bits per heavy atom. The predicted octanol–water partition coefficient (Wildman–Crippen LogP) is 7.49. The van der Waals surface area contributed by atoms with Crippen LogP contribution in [0.1, 0.15) is 37.7 Å². The predicted molar refractivity (Wildman–Crippen MR) is 134 cm³/mol. The van der Waals surface area contributed by atoms with Gasteiger partial charge in [0, 0.05) is 31.1 Å². The fourth-order valence-electron chi connectivity index (χ4n) is 4.73. The highest BCUT2D eigenvalue weighted by atomic mass is 127. The second-order valence-electron chi connectivity index (χ2n) is 7.90. The summed E-state index contributed by atoms with van der Waals surface area (Å²) in [6.07, 6.45) is 9.12. The van der Waals surface area contributed by atoms with E-state index in [1.54, 1.807) is 0 Å². The van der Waals surface area contributed by atoms with Gasteiger partial charge in [0.25, 0.3) is 0 Å². The first-order valence-corrected chi connectivity index (χ1v) is 12.5. The molecule has 144 valence electrons. The van der Waals surface area contributed by atoms with Gasteiger partial charge >= 0.3 is 0 Å². The van der Waals surface area contributed by atoms with Crippen molar-refractivity contribution in [1.82, 2.24) is 4.90 Å². The Morgan fingerprint density at radius 3 is 2.71 bits per heavy atom. The van der Waals surface area contributed by atoms with Gasteiger partial charge in [-0.1, -0.05) is 30.7 Å². The lowest BCUT2D eigenvalue weighted by Crippen LogP contribution is -2.38. The van der Waals surface area contributed by atoms with Crippen molar-refractivity contribution in [3.05, 3.63) is 57.0 Å². The Bertz CT molecular complexity index is 1030. The number of hydrogen-bond acceptors (Lipinski definition) is 3. The third-order valence-electron chi connectivity index (χ3n) is 6.28. The molecule has 1 nitrogen and oxygen atoms in total. The quantitative estimate of drug-likeness (QED) is 0.272. The van der Waals surface area contributed by atoms with Gasteiger partial charge in [0.1, 0.15) is 0 Å². The van der Waals surface area contributed by atoms with Crippen LogP contribution < -0.4 is 0 Å². The number of thiophene rings is 1. The van der Waals surface area contributed by atoms with Crippen molar-refractivity contribution < 1.29 is 0 Å². The second kappa shape index (κ2) is 8.13. The van der Waals surface area contributed by atoms with E-state index in [0.29, 0.717) is 0 Å². The largest absolute Gasteiger partial charge is 0.297 e. The molecule has 1 atom stereocenters. The molecule has 2 aliphatic rings. The van der Waals surface area contributed by atoms with E-state index in [0.717, 1.165) is 17.5 Å². The zero-order valence-corrected chi connectivity index (χ0v) is 19.7. The van der Waals surface area contributed by atoms with E-state index in [1.807, 2.05) is 11.3 Å². The van der Waals surface area contributed by atoms with E-state index >= 15 is 0 Å². The molecule has 3 aromatic rings. The molecule has 2 aliphatic heterocycles. The van der Waals surface area contributed by atoms with Crippen molar-refractivity contribution in [3.8, 4) is 11.1 Å². The molecule has 1 fully saturated rings. The highest BCUT2D eigenvalue weighted by Crippen LogP contribution is 2.42. The van der Waals surface area contributed by atoms with Crippen LogP contribution in [0.5, 0.6) is 0 Å². The van der Waals surface area contributed by atoms with Gasteiger partial charge < -0.3 is 0 Å². The second-order valence-corrected chi connectivity index (χ2v) is 10.5. The lowest BCUT2D eigenvalue weighted by molar-refractivity contribution is 0.161. The van der Waals surface area contributed by atoms with Crippen LogP contribution in [0, 0.1) is 3.57 Å². The highest BCUT2D eigenvalue weighted by molar-refractivity contribution is 14.1. The number of hydrogen-bond donors (Lipinski definition) is 1. The van der Waals surface area contributed by atoms with Crippen LogP contribution in [-0.4, -0.2) is 24.0 Å². The van der Waals surface area contributed by atoms with E-state index in [1.165, 1.54) is 74.6 Å². The number of allylic oxidation sites excluding steroid dienone is 1. The third kappa shape index (κ3) is 3.57. The molecule has 5 rings (SSSR count). The van der Waals surface area contributed by atoms with Crippen LogP contribution >= 0.6 is 46.6 Å². The number of fused-ring (bicyclic) bond motifs is 2. The Balaban J connectivity index is 1.56. The van der Waals surface area contributed by atoms with E-state index in [-0.39, 0.29) is 0 Å². The molecule has 0 spiro atoms. The van der Waals surface area contributed by atoms with Gasteiger partial charge in [-0.2, -0.15) is 0 Å². The molecule has 28 heavy (non-hydrogen) atoms. The van der Waals surface area contributed by atoms with Gasteiger partial charge in [0.2, 0.25) is 0 Å². The summed E-state index contributed by atoms with van der Waals surface area (Å²) in [4.78, 5) is 3.82. The molecule has 1 saturated heterocycles. The van der Waals surface area contributed by atoms with Crippen LogP contribution in [0.4, 0.5) is 0 Å². The van der Waals surface area contributed by atoms with Crippen molar-refractivity contribution in [2.45, 2.75) is 43.0 Å². The van der Waals surface area contributed by atoms with Crippen LogP contribution in [-0.2, 0) is 0 Å². The van der Waals surface area contributed by atoms with Crippen LogP contribution in [0.2, 0.25) is 0 Å². The Hall–Kier alpha value is -0.820. The SMILES string of the molecule is Sc1c(-c2ccc(I)cc2)ccc2scc(C3=CCN4CCCCC4CC3)c12. The van der Waals surface area contributed by atoms with Crippen LogP contribution in [0.3, 0.4) is 0 Å². The van der Waals surface area contributed by atoms with E-state index in [4.69, 9.17) is 12.6 Å². The summed E-state index contributed by atoms with van der Waals surface area (Å²) in [5, 5.41) is 3.70. The number of piperidine rings is 1. The topological polar surface area (TPSA) is 3.24 Å². The Labute approximate surface area is 190 Å². The molecule has 0 saturated carbocycles. The van der Waals surface area contributed by atoms with Gasteiger partial charge in [0.15, 0.2) is 0 Å². The Morgan fingerprint density at radius 2 is 1.86 bits per heavy atom. The van der Waals surface area contributed by atoms with Crippen molar-refractivity contribution in [3.63, 3.8) is 0 Å². The molecule has 0 N–H and O–H groups in total. The third-order valence-corrected chi connectivity index (χ3v) is 8.41. The number of benzene rings is 2. The number of thiol groups is 1. The number of rotatable bonds is 2. The summed E-state index contributed by atoms with van der Waals surface area (Å²) in [6, 6.07) is 14.0. The molecule has 0 aliphatic carbocycles. The maximum Gasteiger partial charge on any atom is 0.0360 e. The fourth-order valence-corrected chi connectivity index (χ4v) is 6.60. The summed E-state index contributed by atoms with van der Waals surface area (Å²) in [5.41, 5.74) is 5.42. The molecule has 4 heteroatoms. The minimum Gasteiger partial charge on any atom is -0.297 e. The van der Waals surface area contributed by atoms with E-state index in [9.17, 15) is 0 Å². The zero-order valence-electron chi connectivity index (χ0n) is 15.8. The molecular formula is C24H24INS2. The minimum atomic E-state index is 0.783. The fraction of sp³-hybridized carbons (Fsp3) is 0.333. The average molecular weight is 518 g/mol. The minimum absolute atomic E-state index is 0.783. The smallest absolute Gasteiger partial charge is 0.0360 e. The first kappa shape index (κ1) is 19.2. The maximum atomic E-state index is 5.03. The summed E-state index contributed by atoms with van der Waals surface area (Å²) < 4.78 is 2.61. The number of nitrogens with zero attached hydrogens (tertiary/aromatic N) is 1. The van der Waals surface area contributed by atoms with E-state index in [2.05, 4.69) is 75.3 Å². The van der Waals surface area contributed by atoms with Crippen LogP contribution in [0.15, 0.2) is 52.7 Å². The summed E-state index contributed by atoms with van der Waals surface area (Å²) in [7, 11) is 0. The summed E-state index contributed by atoms with van der Waals surface area (Å²) in [5.74, 6) is 0. The van der Waals surface area contributed by atoms with Gasteiger partial charge in [-0.05, 0) is 101 Å². The van der Waals surface area contributed by atoms with Gasteiger partial charge in [-0.25, -0.2) is 0 Å². The molecule has 0 bridgehead atoms. The highest BCUT2D eigenvalue weighted by Gasteiger charge is 2.25. The molecule has 0 radical (unpaired) electrons. The monoisotopic (exact) mass is 517 g/mol. The average Bonchev–Trinajstić information content (AvgIpc) is 3.03. The van der Waals surface area contributed by atoms with Gasteiger partial charge in [0.05, 0.1) is 0 Å². The van der Waals surface area contributed by atoms with Crippen molar-refractivity contribution >= 4 is 62.2 Å². The molecule has 2 aromatic carbocycles. The van der Waals surface area contributed by atoms with Gasteiger partial charge in [-0.3, -0.25) is 4.90 Å². The van der Waals surface area contributed by atoms with Crippen molar-refractivity contribution in [1.29, 1.82) is 0 Å². The lowest BCUT2D eigenvalue weighted by atomic mass is 9.94. The lowest BCUT2D eigenvalue weighted by Gasteiger charge is -2.33. The first-order valence-electron chi connectivity index (χ1n) is 10.1. The van der Waals surface area contributed by atoms with Crippen molar-refractivity contribution in [2.75, 3.05) is 13.1 Å².